The molecule has 1 N–H and O–H groups in total. The molecule has 0 atom stereocenters. The number of hydrogen-bond acceptors (Lipinski definition) is 4. The van der Waals surface area contributed by atoms with E-state index in [9.17, 15) is 23.2 Å². The van der Waals surface area contributed by atoms with Gasteiger partial charge >= 0.3 is 0 Å². The van der Waals surface area contributed by atoms with Crippen LogP contribution in [0.3, 0.4) is 0 Å². The Morgan fingerprint density at radius 1 is 0.962 bits per heavy atom. The molecule has 0 unspecified atom stereocenters. The first-order valence-corrected chi connectivity index (χ1v) is 8.64. The number of amides is 3. The molecule has 0 aliphatic carbocycles. The van der Waals surface area contributed by atoms with Crippen LogP contribution in [0, 0.1) is 0 Å². The third-order valence-corrected chi connectivity index (χ3v) is 4.50. The van der Waals surface area contributed by atoms with Crippen molar-refractivity contribution in [2.75, 3.05) is 10.2 Å². The van der Waals surface area contributed by atoms with Crippen LogP contribution in [0.1, 0.15) is 23.2 Å². The zero-order chi connectivity index (χ0) is 18.7. The number of nitrogens with one attached hydrogen (secondary N) is 1. The van der Waals surface area contributed by atoms with Gasteiger partial charge in [0, 0.05) is 29.0 Å². The number of benzene rings is 2. The summed E-state index contributed by atoms with van der Waals surface area (Å²) < 4.78 is 24.6. The molecule has 1 saturated heterocycles. The van der Waals surface area contributed by atoms with E-state index in [0.29, 0.717) is 33.6 Å². The van der Waals surface area contributed by atoms with Gasteiger partial charge in [0.05, 0.1) is 5.69 Å². The van der Waals surface area contributed by atoms with Crippen LogP contribution in [0.4, 0.5) is 20.2 Å². The van der Waals surface area contributed by atoms with Crippen molar-refractivity contribution in [2.45, 2.75) is 23.5 Å². The number of anilines is 2. The molecule has 8 heteroatoms. The standard InChI is InChI=1S/C18H14F2N2O3S/c19-18(20)26-14-7-3-12(4-8-14)21-17(25)11-1-5-13(6-2-11)22-15(23)9-10-16(22)24/h1-8,18H,9-10H2,(H,21,25). The molecular formula is C18H14F2N2O3S. The molecule has 1 aliphatic rings. The summed E-state index contributed by atoms with van der Waals surface area (Å²) in [6, 6.07) is 12.2. The van der Waals surface area contributed by atoms with Crippen LogP contribution in [0.25, 0.3) is 0 Å². The molecular weight excluding hydrogens is 362 g/mol. The van der Waals surface area contributed by atoms with Gasteiger partial charge in [0.2, 0.25) is 11.8 Å². The Bertz CT molecular complexity index is 823. The van der Waals surface area contributed by atoms with E-state index in [-0.39, 0.29) is 30.6 Å². The van der Waals surface area contributed by atoms with Gasteiger partial charge in [0.25, 0.3) is 11.7 Å². The van der Waals surface area contributed by atoms with Gasteiger partial charge in [-0.2, -0.15) is 8.78 Å². The van der Waals surface area contributed by atoms with Crippen LogP contribution >= 0.6 is 11.8 Å². The summed E-state index contributed by atoms with van der Waals surface area (Å²) in [6.07, 6.45) is 0.391. The predicted octanol–water partition coefficient (Wildman–Crippen LogP) is 3.91. The van der Waals surface area contributed by atoms with Crippen molar-refractivity contribution in [1.82, 2.24) is 0 Å². The van der Waals surface area contributed by atoms with E-state index in [0.717, 1.165) is 4.90 Å². The van der Waals surface area contributed by atoms with E-state index >= 15 is 0 Å². The Morgan fingerprint density at radius 3 is 2.08 bits per heavy atom. The number of carbonyl (C=O) groups is 3. The van der Waals surface area contributed by atoms with Gasteiger partial charge < -0.3 is 5.32 Å². The third kappa shape index (κ3) is 4.08. The number of alkyl halides is 2. The quantitative estimate of drug-likeness (QED) is 0.635. The summed E-state index contributed by atoms with van der Waals surface area (Å²) in [5.74, 6) is -3.39. The fourth-order valence-corrected chi connectivity index (χ4v) is 3.05. The Morgan fingerprint density at radius 2 is 1.54 bits per heavy atom. The minimum atomic E-state index is -2.50. The summed E-state index contributed by atoms with van der Waals surface area (Å²) in [5.41, 5.74) is 1.25. The molecule has 0 radical (unpaired) electrons. The maximum Gasteiger partial charge on any atom is 0.288 e. The average molecular weight is 376 g/mol. The van der Waals surface area contributed by atoms with Crippen LogP contribution < -0.4 is 10.2 Å². The largest absolute Gasteiger partial charge is 0.322 e. The smallest absolute Gasteiger partial charge is 0.288 e. The summed E-state index contributed by atoms with van der Waals surface area (Å²) in [6.45, 7) is 0. The highest BCUT2D eigenvalue weighted by atomic mass is 32.2. The minimum Gasteiger partial charge on any atom is -0.322 e. The number of imide groups is 1. The van der Waals surface area contributed by atoms with Gasteiger partial charge in [-0.1, -0.05) is 11.8 Å². The summed E-state index contributed by atoms with van der Waals surface area (Å²) >= 11 is 0.431. The monoisotopic (exact) mass is 376 g/mol. The molecule has 0 aromatic heterocycles. The topological polar surface area (TPSA) is 66.5 Å². The van der Waals surface area contributed by atoms with Gasteiger partial charge in [-0.3, -0.25) is 19.3 Å². The molecule has 2 aromatic rings. The maximum absolute atomic E-state index is 12.3. The van der Waals surface area contributed by atoms with Gasteiger partial charge in [-0.05, 0) is 48.5 Å². The van der Waals surface area contributed by atoms with Gasteiger partial charge in [0.15, 0.2) is 0 Å². The molecule has 3 amide bonds. The van der Waals surface area contributed by atoms with Crippen molar-refractivity contribution in [1.29, 1.82) is 0 Å². The second kappa shape index (κ2) is 7.65. The molecule has 134 valence electrons. The highest BCUT2D eigenvalue weighted by Crippen LogP contribution is 2.26. The Labute approximate surface area is 152 Å². The first-order valence-electron chi connectivity index (χ1n) is 7.76. The predicted molar refractivity (Wildman–Crippen MR) is 94.4 cm³/mol. The van der Waals surface area contributed by atoms with E-state index < -0.39 is 5.76 Å². The summed E-state index contributed by atoms with van der Waals surface area (Å²) in [7, 11) is 0. The Hall–Kier alpha value is -2.74. The fourth-order valence-electron chi connectivity index (χ4n) is 2.55. The first kappa shape index (κ1) is 18.1. The van der Waals surface area contributed by atoms with Crippen molar-refractivity contribution >= 4 is 40.9 Å². The van der Waals surface area contributed by atoms with Crippen LogP contribution in [-0.4, -0.2) is 23.5 Å². The third-order valence-electron chi connectivity index (χ3n) is 3.78. The van der Waals surface area contributed by atoms with Gasteiger partial charge in [-0.25, -0.2) is 0 Å². The molecule has 3 rings (SSSR count). The van der Waals surface area contributed by atoms with E-state index in [1.54, 1.807) is 24.3 Å². The zero-order valence-electron chi connectivity index (χ0n) is 13.4. The molecule has 0 bridgehead atoms. The number of thioether (sulfide) groups is 1. The lowest BCUT2D eigenvalue weighted by Gasteiger charge is -2.14. The summed E-state index contributed by atoms with van der Waals surface area (Å²) in [5, 5.41) is 2.66. The van der Waals surface area contributed by atoms with Crippen LogP contribution in [0.15, 0.2) is 53.4 Å². The Kier molecular flexibility index (Phi) is 5.32. The highest BCUT2D eigenvalue weighted by Gasteiger charge is 2.30. The number of hydrogen-bond donors (Lipinski definition) is 1. The van der Waals surface area contributed by atoms with Crippen molar-refractivity contribution in [2.24, 2.45) is 0 Å². The molecule has 5 nitrogen and oxygen atoms in total. The number of halogens is 2. The van der Waals surface area contributed by atoms with Gasteiger partial charge in [0.1, 0.15) is 0 Å². The molecule has 1 heterocycles. The van der Waals surface area contributed by atoms with Crippen molar-refractivity contribution in [3.05, 3.63) is 54.1 Å². The maximum atomic E-state index is 12.3. The lowest BCUT2D eigenvalue weighted by atomic mass is 10.1. The molecule has 0 saturated carbocycles. The van der Waals surface area contributed by atoms with E-state index in [1.165, 1.54) is 24.3 Å². The molecule has 2 aromatic carbocycles. The number of rotatable bonds is 5. The van der Waals surface area contributed by atoms with Crippen LogP contribution in [0.2, 0.25) is 0 Å². The average Bonchev–Trinajstić information content (AvgIpc) is 2.95. The molecule has 0 spiro atoms. The number of nitrogens with zero attached hydrogens (tertiary/aromatic N) is 1. The SMILES string of the molecule is O=C(Nc1ccc(SC(F)F)cc1)c1ccc(N2C(=O)CCC2=O)cc1. The lowest BCUT2D eigenvalue weighted by Crippen LogP contribution is -2.28. The zero-order valence-corrected chi connectivity index (χ0v) is 14.3. The van der Waals surface area contributed by atoms with Gasteiger partial charge in [-0.15, -0.1) is 0 Å². The molecule has 26 heavy (non-hydrogen) atoms. The first-order chi connectivity index (χ1) is 12.4. The molecule has 1 aliphatic heterocycles. The van der Waals surface area contributed by atoms with Crippen molar-refractivity contribution in [3.8, 4) is 0 Å². The lowest BCUT2D eigenvalue weighted by molar-refractivity contribution is -0.121. The highest BCUT2D eigenvalue weighted by molar-refractivity contribution is 7.99. The molecule has 1 fully saturated rings. The normalized spacial score (nSPS) is 14.2. The van der Waals surface area contributed by atoms with Crippen LogP contribution in [-0.2, 0) is 9.59 Å². The number of carbonyl (C=O) groups excluding carboxylic acids is 3. The second-order valence-corrected chi connectivity index (χ2v) is 6.59. The summed E-state index contributed by atoms with van der Waals surface area (Å²) in [4.78, 5) is 37.2. The van der Waals surface area contributed by atoms with E-state index in [2.05, 4.69) is 5.32 Å². The van der Waals surface area contributed by atoms with E-state index in [1.807, 2.05) is 0 Å². The van der Waals surface area contributed by atoms with Crippen LogP contribution in [0.5, 0.6) is 0 Å². The minimum absolute atomic E-state index is 0.195. The second-order valence-electron chi connectivity index (χ2n) is 5.53. The Balaban J connectivity index is 1.66. The van der Waals surface area contributed by atoms with Crippen molar-refractivity contribution < 1.29 is 23.2 Å². The van der Waals surface area contributed by atoms with Crippen molar-refractivity contribution in [3.63, 3.8) is 0 Å². The fraction of sp³-hybridized carbons (Fsp3) is 0.167. The van der Waals surface area contributed by atoms with E-state index in [4.69, 9.17) is 0 Å².